The summed E-state index contributed by atoms with van der Waals surface area (Å²) < 4.78 is 19.4. The predicted molar refractivity (Wildman–Crippen MR) is 91.5 cm³/mol. The van der Waals surface area contributed by atoms with Crippen molar-refractivity contribution < 1.29 is 14.2 Å². The molecule has 4 nitrogen and oxygen atoms in total. The predicted octanol–water partition coefficient (Wildman–Crippen LogP) is 4.41. The molecule has 1 aromatic heterocycles. The minimum Gasteiger partial charge on any atom is -0.508 e. The zero-order valence-electron chi connectivity index (χ0n) is 12.5. The molecule has 0 unspecified atom stereocenters. The first kappa shape index (κ1) is 16.1. The van der Waals surface area contributed by atoms with E-state index in [0.29, 0.717) is 5.75 Å². The SMILES string of the molecule is Nc1ncc(-c2ccc(O)cc2)cc1OCc1c(F)cccc1Cl. The quantitative estimate of drug-likeness (QED) is 0.735. The van der Waals surface area contributed by atoms with Gasteiger partial charge in [0.25, 0.3) is 0 Å². The zero-order valence-corrected chi connectivity index (χ0v) is 13.3. The highest BCUT2D eigenvalue weighted by atomic mass is 35.5. The summed E-state index contributed by atoms with van der Waals surface area (Å²) in [6.45, 7) is -0.0591. The van der Waals surface area contributed by atoms with Crippen LogP contribution in [0, 0.1) is 5.82 Å². The van der Waals surface area contributed by atoms with Gasteiger partial charge in [0.2, 0.25) is 0 Å². The number of aromatic nitrogens is 1. The van der Waals surface area contributed by atoms with Crippen molar-refractivity contribution in [2.24, 2.45) is 0 Å². The van der Waals surface area contributed by atoms with E-state index in [1.165, 1.54) is 12.1 Å². The van der Waals surface area contributed by atoms with Crippen molar-refractivity contribution in [3.05, 3.63) is 71.1 Å². The van der Waals surface area contributed by atoms with Crippen LogP contribution in [0.1, 0.15) is 5.56 Å². The number of pyridine rings is 1. The minimum absolute atomic E-state index is 0.0591. The van der Waals surface area contributed by atoms with Gasteiger partial charge in [-0.15, -0.1) is 0 Å². The number of phenols is 1. The maximum Gasteiger partial charge on any atom is 0.166 e. The third kappa shape index (κ3) is 3.41. The molecule has 1 heterocycles. The van der Waals surface area contributed by atoms with Crippen LogP contribution in [0.2, 0.25) is 5.02 Å². The smallest absolute Gasteiger partial charge is 0.166 e. The first-order valence-corrected chi connectivity index (χ1v) is 7.53. The first-order valence-electron chi connectivity index (χ1n) is 7.15. The number of hydrogen-bond donors (Lipinski definition) is 2. The van der Waals surface area contributed by atoms with Crippen molar-refractivity contribution in [3.8, 4) is 22.6 Å². The number of ether oxygens (including phenoxy) is 1. The van der Waals surface area contributed by atoms with Gasteiger partial charge in [-0.3, -0.25) is 0 Å². The minimum atomic E-state index is -0.441. The van der Waals surface area contributed by atoms with Gasteiger partial charge in [-0.1, -0.05) is 29.8 Å². The molecule has 0 amide bonds. The second kappa shape index (κ2) is 6.76. The molecule has 6 heteroatoms. The van der Waals surface area contributed by atoms with Gasteiger partial charge in [0.1, 0.15) is 18.2 Å². The third-order valence-electron chi connectivity index (χ3n) is 3.52. The molecule has 0 spiro atoms. The highest BCUT2D eigenvalue weighted by Crippen LogP contribution is 2.29. The van der Waals surface area contributed by atoms with Gasteiger partial charge in [-0.2, -0.15) is 0 Å². The molecule has 0 bridgehead atoms. The number of nitrogen functional groups attached to an aromatic ring is 1. The van der Waals surface area contributed by atoms with Crippen molar-refractivity contribution in [3.63, 3.8) is 0 Å². The number of nitrogens with two attached hydrogens (primary N) is 1. The number of aromatic hydroxyl groups is 1. The maximum atomic E-state index is 13.8. The van der Waals surface area contributed by atoms with Crippen LogP contribution < -0.4 is 10.5 Å². The molecule has 0 aliphatic carbocycles. The summed E-state index contributed by atoms with van der Waals surface area (Å²) in [6.07, 6.45) is 1.60. The van der Waals surface area contributed by atoms with E-state index in [4.69, 9.17) is 22.1 Å². The topological polar surface area (TPSA) is 68.4 Å². The van der Waals surface area contributed by atoms with Crippen LogP contribution in [0.5, 0.6) is 11.5 Å². The van der Waals surface area contributed by atoms with Crippen molar-refractivity contribution in [2.45, 2.75) is 6.61 Å². The van der Waals surface area contributed by atoms with Crippen LogP contribution in [0.15, 0.2) is 54.7 Å². The standard InChI is InChI=1S/C18H14ClFN2O2/c19-15-2-1-3-16(20)14(15)10-24-17-8-12(9-22-18(17)21)11-4-6-13(23)7-5-11/h1-9,23H,10H2,(H2,21,22). The van der Waals surface area contributed by atoms with Gasteiger partial charge in [0.15, 0.2) is 11.6 Å². The van der Waals surface area contributed by atoms with Crippen molar-refractivity contribution in [2.75, 3.05) is 5.73 Å². The van der Waals surface area contributed by atoms with Gasteiger partial charge in [0.05, 0.1) is 5.02 Å². The lowest BCUT2D eigenvalue weighted by Gasteiger charge is -2.12. The van der Waals surface area contributed by atoms with Crippen LogP contribution in [0.3, 0.4) is 0 Å². The van der Waals surface area contributed by atoms with Crippen LogP contribution in [-0.2, 0) is 6.61 Å². The molecule has 24 heavy (non-hydrogen) atoms. The summed E-state index contributed by atoms with van der Waals surface area (Å²) in [5, 5.41) is 9.64. The van der Waals surface area contributed by atoms with E-state index in [2.05, 4.69) is 4.98 Å². The van der Waals surface area contributed by atoms with Crippen LogP contribution >= 0.6 is 11.6 Å². The van der Waals surface area contributed by atoms with Crippen molar-refractivity contribution in [1.29, 1.82) is 0 Å². The number of benzene rings is 2. The summed E-state index contributed by atoms with van der Waals surface area (Å²) in [4.78, 5) is 4.10. The molecule has 0 saturated heterocycles. The van der Waals surface area contributed by atoms with Crippen LogP contribution in [0.25, 0.3) is 11.1 Å². The second-order valence-corrected chi connectivity index (χ2v) is 5.55. The fourth-order valence-corrected chi connectivity index (χ4v) is 2.42. The third-order valence-corrected chi connectivity index (χ3v) is 3.87. The molecule has 0 radical (unpaired) electrons. The molecule has 0 aliphatic rings. The van der Waals surface area contributed by atoms with E-state index in [0.717, 1.165) is 11.1 Å². The van der Waals surface area contributed by atoms with E-state index < -0.39 is 5.82 Å². The molecule has 122 valence electrons. The zero-order chi connectivity index (χ0) is 17.1. The molecule has 0 aliphatic heterocycles. The number of phenolic OH excluding ortho intramolecular Hbond substituents is 1. The lowest BCUT2D eigenvalue weighted by atomic mass is 10.1. The van der Waals surface area contributed by atoms with Gasteiger partial charge in [-0.25, -0.2) is 9.37 Å². The van der Waals surface area contributed by atoms with Crippen molar-refractivity contribution in [1.82, 2.24) is 4.98 Å². The summed E-state index contributed by atoms with van der Waals surface area (Å²) in [7, 11) is 0. The average Bonchev–Trinajstić information content (AvgIpc) is 2.57. The van der Waals surface area contributed by atoms with E-state index in [1.807, 2.05) is 0 Å². The fourth-order valence-electron chi connectivity index (χ4n) is 2.20. The Bertz CT molecular complexity index is 849. The Morgan fingerprint density at radius 2 is 1.88 bits per heavy atom. The largest absolute Gasteiger partial charge is 0.508 e. The average molecular weight is 345 g/mol. The molecule has 3 rings (SSSR count). The highest BCUT2D eigenvalue weighted by Gasteiger charge is 2.11. The van der Waals surface area contributed by atoms with Gasteiger partial charge in [0, 0.05) is 17.3 Å². The Hall–Kier alpha value is -2.79. The normalized spacial score (nSPS) is 10.6. The summed E-state index contributed by atoms with van der Waals surface area (Å²) in [5.74, 6) is 0.265. The lowest BCUT2D eigenvalue weighted by Crippen LogP contribution is -2.03. The molecule has 3 aromatic rings. The van der Waals surface area contributed by atoms with E-state index in [-0.39, 0.29) is 28.8 Å². The second-order valence-electron chi connectivity index (χ2n) is 5.14. The maximum absolute atomic E-state index is 13.8. The Kier molecular flexibility index (Phi) is 4.53. The number of nitrogens with zero attached hydrogens (tertiary/aromatic N) is 1. The molecule has 3 N–H and O–H groups in total. The molecular formula is C18H14ClFN2O2. The number of anilines is 1. The monoisotopic (exact) mass is 344 g/mol. The molecule has 0 atom stereocenters. The van der Waals surface area contributed by atoms with E-state index >= 15 is 0 Å². The fraction of sp³-hybridized carbons (Fsp3) is 0.0556. The molecule has 0 saturated carbocycles. The van der Waals surface area contributed by atoms with Gasteiger partial charge < -0.3 is 15.6 Å². The Morgan fingerprint density at radius 1 is 1.12 bits per heavy atom. The van der Waals surface area contributed by atoms with E-state index in [1.54, 1.807) is 42.6 Å². The Morgan fingerprint density at radius 3 is 2.58 bits per heavy atom. The molecule has 2 aromatic carbocycles. The summed E-state index contributed by atoms with van der Waals surface area (Å²) in [5.41, 5.74) is 7.69. The van der Waals surface area contributed by atoms with E-state index in [9.17, 15) is 9.50 Å². The first-order chi connectivity index (χ1) is 11.5. The Balaban J connectivity index is 1.86. The summed E-state index contributed by atoms with van der Waals surface area (Å²) in [6, 6.07) is 12.8. The number of rotatable bonds is 4. The molecule has 0 fully saturated rings. The van der Waals surface area contributed by atoms with Gasteiger partial charge >= 0.3 is 0 Å². The Labute approximate surface area is 143 Å². The summed E-state index contributed by atoms with van der Waals surface area (Å²) >= 11 is 5.99. The van der Waals surface area contributed by atoms with Crippen molar-refractivity contribution >= 4 is 17.4 Å². The number of hydrogen-bond acceptors (Lipinski definition) is 4. The highest BCUT2D eigenvalue weighted by molar-refractivity contribution is 6.31. The van der Waals surface area contributed by atoms with Crippen LogP contribution in [0.4, 0.5) is 10.2 Å². The number of halogens is 2. The molecular weight excluding hydrogens is 331 g/mol. The van der Waals surface area contributed by atoms with Crippen LogP contribution in [-0.4, -0.2) is 10.1 Å². The lowest BCUT2D eigenvalue weighted by molar-refractivity contribution is 0.301. The van der Waals surface area contributed by atoms with Gasteiger partial charge in [-0.05, 0) is 35.9 Å².